The molecule has 8 nitrogen and oxygen atoms in total. The van der Waals surface area contributed by atoms with Crippen molar-refractivity contribution in [3.8, 4) is 0 Å². The molecule has 0 aliphatic carbocycles. The fourth-order valence-electron chi connectivity index (χ4n) is 4.69. The fraction of sp³-hybridized carbons (Fsp3) is 0.417. The third kappa shape index (κ3) is 11.9. The standard InChI is InChI=1S/C34H43N3O5.C2H6/c1-5-25(6-2)31(42-34(40)32(27-13-9-7-10-14-27)36-29-15-11-8-12-16-29)24-35-23-30(38)26-17-19-28(20-18-26)33(39)41-22-21-37(3)4;1-2/h7-20,25,31-32,35-36H,5-6,21-24H2,1-4H3;1-2H3/p+1/t31-,32+;/m0./s1. The predicted molar refractivity (Wildman–Crippen MR) is 176 cm³/mol. The van der Waals surface area contributed by atoms with Gasteiger partial charge in [0.2, 0.25) is 5.78 Å². The van der Waals surface area contributed by atoms with Crippen LogP contribution in [0.5, 0.6) is 0 Å². The van der Waals surface area contributed by atoms with Gasteiger partial charge in [0.05, 0.1) is 5.56 Å². The fourth-order valence-corrected chi connectivity index (χ4v) is 4.69. The third-order valence-electron chi connectivity index (χ3n) is 7.24. The summed E-state index contributed by atoms with van der Waals surface area (Å²) in [5.41, 5.74) is 2.57. The van der Waals surface area contributed by atoms with Crippen LogP contribution in [-0.4, -0.2) is 69.1 Å². The van der Waals surface area contributed by atoms with Crippen molar-refractivity contribution in [3.63, 3.8) is 0 Å². The average molecular weight is 605 g/mol. The van der Waals surface area contributed by atoms with Gasteiger partial charge in [0, 0.05) is 23.7 Å². The minimum atomic E-state index is -0.666. The number of benzene rings is 3. The van der Waals surface area contributed by atoms with Gasteiger partial charge in [0.15, 0.2) is 12.1 Å². The number of esters is 2. The molecule has 0 fully saturated rings. The van der Waals surface area contributed by atoms with Crippen molar-refractivity contribution in [2.45, 2.75) is 52.7 Å². The lowest BCUT2D eigenvalue weighted by molar-refractivity contribution is -0.650. The molecule has 0 bridgehead atoms. The molecule has 0 aliphatic heterocycles. The van der Waals surface area contributed by atoms with Gasteiger partial charge in [-0.1, -0.05) is 88.4 Å². The van der Waals surface area contributed by atoms with E-state index in [1.165, 1.54) is 0 Å². The summed E-state index contributed by atoms with van der Waals surface area (Å²) < 4.78 is 11.4. The second kappa shape index (κ2) is 20.0. The molecule has 0 spiro atoms. The number of Topliss-reactive ketones (excluding diaryl/α,β-unsaturated/α-hetero) is 1. The van der Waals surface area contributed by atoms with Gasteiger partial charge >= 0.3 is 11.9 Å². The van der Waals surface area contributed by atoms with Crippen LogP contribution in [0.3, 0.4) is 0 Å². The molecule has 0 radical (unpaired) electrons. The summed E-state index contributed by atoms with van der Waals surface area (Å²) in [6, 6.07) is 25.0. The van der Waals surface area contributed by atoms with E-state index in [1.807, 2.05) is 98.8 Å². The molecule has 0 aromatic heterocycles. The van der Waals surface area contributed by atoms with Gasteiger partial charge in [-0.2, -0.15) is 0 Å². The van der Waals surface area contributed by atoms with Crippen LogP contribution in [0.4, 0.5) is 5.69 Å². The highest BCUT2D eigenvalue weighted by Gasteiger charge is 2.30. The average Bonchev–Trinajstić information content (AvgIpc) is 3.05. The van der Waals surface area contributed by atoms with E-state index in [9.17, 15) is 14.4 Å². The van der Waals surface area contributed by atoms with E-state index in [0.29, 0.717) is 30.8 Å². The van der Waals surface area contributed by atoms with Crippen LogP contribution in [0.1, 0.15) is 72.9 Å². The number of carbonyl (C=O) groups excluding carboxylic acids is 3. The monoisotopic (exact) mass is 604 g/mol. The molecular weight excluding hydrogens is 554 g/mol. The Morgan fingerprint density at radius 2 is 1.39 bits per heavy atom. The number of nitrogens with one attached hydrogen (secondary N) is 1. The number of likely N-dealkylation sites (N-methyl/N-ethyl adjacent to an activating group) is 1. The Labute approximate surface area is 263 Å². The number of nitrogens with two attached hydrogens (primary N) is 1. The molecule has 2 atom stereocenters. The Bertz CT molecular complexity index is 1250. The van der Waals surface area contributed by atoms with Gasteiger partial charge in [0.25, 0.3) is 0 Å². The van der Waals surface area contributed by atoms with Crippen LogP contribution in [0.15, 0.2) is 84.9 Å². The lowest BCUT2D eigenvalue weighted by atomic mass is 9.96. The first-order valence-corrected chi connectivity index (χ1v) is 15.7. The van der Waals surface area contributed by atoms with Gasteiger partial charge in [0.1, 0.15) is 19.7 Å². The lowest BCUT2D eigenvalue weighted by Gasteiger charge is -2.27. The van der Waals surface area contributed by atoms with Crippen LogP contribution in [0.2, 0.25) is 0 Å². The minimum absolute atomic E-state index is 0.0648. The largest absolute Gasteiger partial charge is 0.461 e. The van der Waals surface area contributed by atoms with Crippen molar-refractivity contribution >= 4 is 23.4 Å². The molecule has 44 heavy (non-hydrogen) atoms. The number of nitrogens with zero attached hydrogens (tertiary/aromatic N) is 1. The van der Waals surface area contributed by atoms with Crippen LogP contribution >= 0.6 is 0 Å². The molecule has 0 amide bonds. The van der Waals surface area contributed by atoms with Gasteiger partial charge in [-0.15, -0.1) is 0 Å². The molecule has 0 unspecified atom stereocenters. The molecule has 3 rings (SSSR count). The lowest BCUT2D eigenvalue weighted by Crippen LogP contribution is -2.88. The van der Waals surface area contributed by atoms with Gasteiger partial charge < -0.3 is 25.0 Å². The SMILES string of the molecule is CC.CCC(CC)[C@H](C[NH2+]CC(=O)c1ccc(C(=O)OCCN(C)C)cc1)OC(=O)[C@H](Nc1ccccc1)c1ccccc1. The van der Waals surface area contributed by atoms with Crippen LogP contribution < -0.4 is 10.6 Å². The summed E-state index contributed by atoms with van der Waals surface area (Å²) in [5, 5.41) is 5.22. The second-order valence-electron chi connectivity index (χ2n) is 10.6. The molecule has 0 aliphatic rings. The van der Waals surface area contributed by atoms with Crippen molar-refractivity contribution in [1.29, 1.82) is 0 Å². The maximum Gasteiger partial charge on any atom is 0.338 e. The number of hydrogen-bond acceptors (Lipinski definition) is 7. The Kier molecular flexibility index (Phi) is 16.5. The summed E-state index contributed by atoms with van der Waals surface area (Å²) in [5.74, 6) is -0.668. The number of para-hydroxylation sites is 1. The first-order chi connectivity index (χ1) is 21.3. The predicted octanol–water partition coefficient (Wildman–Crippen LogP) is 5.38. The first kappa shape index (κ1) is 36.2. The smallest absolute Gasteiger partial charge is 0.338 e. The molecule has 8 heteroatoms. The minimum Gasteiger partial charge on any atom is -0.461 e. The van der Waals surface area contributed by atoms with Crippen molar-refractivity contribution in [3.05, 3.63) is 102 Å². The molecule has 3 aromatic carbocycles. The van der Waals surface area contributed by atoms with E-state index in [4.69, 9.17) is 9.47 Å². The van der Waals surface area contributed by atoms with Gasteiger partial charge in [-0.05, 0) is 56.8 Å². The number of quaternary nitrogens is 1. The zero-order valence-corrected chi connectivity index (χ0v) is 27.1. The molecule has 0 saturated carbocycles. The van der Waals surface area contributed by atoms with E-state index in [2.05, 4.69) is 19.2 Å². The molecule has 238 valence electrons. The molecule has 0 heterocycles. The zero-order chi connectivity index (χ0) is 32.3. The molecule has 0 saturated heterocycles. The van der Waals surface area contributed by atoms with E-state index in [0.717, 1.165) is 24.1 Å². The Morgan fingerprint density at radius 1 is 0.818 bits per heavy atom. The Hall–Kier alpha value is -4.01. The maximum atomic E-state index is 13.6. The van der Waals surface area contributed by atoms with E-state index < -0.39 is 12.0 Å². The number of rotatable bonds is 17. The summed E-state index contributed by atoms with van der Waals surface area (Å²) in [7, 11) is 3.82. The van der Waals surface area contributed by atoms with Crippen molar-refractivity contribution in [2.24, 2.45) is 5.92 Å². The topological polar surface area (TPSA) is 102 Å². The van der Waals surface area contributed by atoms with Crippen LogP contribution in [0, 0.1) is 5.92 Å². The van der Waals surface area contributed by atoms with E-state index >= 15 is 0 Å². The molecule has 3 N–H and O–H groups in total. The highest BCUT2D eigenvalue weighted by atomic mass is 16.5. The maximum absolute atomic E-state index is 13.6. The van der Waals surface area contributed by atoms with Crippen molar-refractivity contribution in [1.82, 2.24) is 4.90 Å². The highest BCUT2D eigenvalue weighted by molar-refractivity contribution is 5.98. The number of ether oxygens (including phenoxy) is 2. The van der Waals surface area contributed by atoms with Gasteiger partial charge in [-0.25, -0.2) is 9.59 Å². The van der Waals surface area contributed by atoms with E-state index in [-0.39, 0.29) is 30.3 Å². The highest BCUT2D eigenvalue weighted by Crippen LogP contribution is 2.24. The van der Waals surface area contributed by atoms with Crippen LogP contribution in [-0.2, 0) is 14.3 Å². The molecular formula is C36H50N3O5+. The zero-order valence-electron chi connectivity index (χ0n) is 27.1. The van der Waals surface area contributed by atoms with E-state index in [1.54, 1.807) is 24.3 Å². The first-order valence-electron chi connectivity index (χ1n) is 15.7. The number of hydrogen-bond donors (Lipinski definition) is 2. The summed E-state index contributed by atoms with van der Waals surface area (Å²) in [6.07, 6.45) is 1.35. The number of anilines is 1. The summed E-state index contributed by atoms with van der Waals surface area (Å²) >= 11 is 0. The number of carbonyl (C=O) groups is 3. The van der Waals surface area contributed by atoms with Crippen molar-refractivity contribution < 1.29 is 29.2 Å². The summed E-state index contributed by atoms with van der Waals surface area (Å²) in [6.45, 7) is 9.78. The van der Waals surface area contributed by atoms with Crippen molar-refractivity contribution in [2.75, 3.05) is 45.7 Å². The second-order valence-corrected chi connectivity index (χ2v) is 10.6. The Balaban J connectivity index is 0.00000330. The Morgan fingerprint density at radius 3 is 1.95 bits per heavy atom. The number of ketones is 1. The quantitative estimate of drug-likeness (QED) is 0.158. The summed E-state index contributed by atoms with van der Waals surface area (Å²) in [4.78, 5) is 40.7. The molecule has 3 aromatic rings. The van der Waals surface area contributed by atoms with Gasteiger partial charge in [-0.3, -0.25) is 4.79 Å². The third-order valence-corrected chi connectivity index (χ3v) is 7.24. The normalized spacial score (nSPS) is 12.1. The van der Waals surface area contributed by atoms with Crippen LogP contribution in [0.25, 0.3) is 0 Å².